The number of primary amides is 1. The smallest absolute Gasteiger partial charge is 0.317 e. The van der Waals surface area contributed by atoms with E-state index in [0.717, 1.165) is 5.69 Å². The zero-order valence-corrected chi connectivity index (χ0v) is 10.9. The van der Waals surface area contributed by atoms with Crippen molar-refractivity contribution in [3.63, 3.8) is 0 Å². The van der Waals surface area contributed by atoms with Crippen LogP contribution in [0, 0.1) is 6.92 Å². The molecule has 0 aliphatic heterocycles. The van der Waals surface area contributed by atoms with Crippen LogP contribution < -0.4 is 10.5 Å². The topological polar surface area (TPSA) is 106 Å². The van der Waals surface area contributed by atoms with Crippen LogP contribution in [0.4, 0.5) is 0 Å². The lowest BCUT2D eigenvalue weighted by atomic mass is 10.2. The highest BCUT2D eigenvalue weighted by Gasteiger charge is 2.14. The van der Waals surface area contributed by atoms with Crippen LogP contribution in [0.1, 0.15) is 11.4 Å². The van der Waals surface area contributed by atoms with Gasteiger partial charge >= 0.3 is 5.97 Å². The molecular weight excluding hydrogens is 250 g/mol. The number of ether oxygens (including phenoxy) is 1. The number of carbonyl (C=O) groups excluding carboxylic acids is 1. The fourth-order valence-electron chi connectivity index (χ4n) is 1.71. The summed E-state index contributed by atoms with van der Waals surface area (Å²) >= 11 is 0. The minimum absolute atomic E-state index is 0.135. The predicted molar refractivity (Wildman–Crippen MR) is 67.6 cm³/mol. The monoisotopic (exact) mass is 267 g/mol. The molecule has 0 saturated heterocycles. The Balaban J connectivity index is 2.85. The van der Waals surface area contributed by atoms with Gasteiger partial charge in [0.05, 0.1) is 25.9 Å². The SMILES string of the molecule is COc1cc(C)nc(CN(CC(N)=O)CC(=O)O)c1. The molecule has 104 valence electrons. The Kier molecular flexibility index (Phi) is 5.25. The van der Waals surface area contributed by atoms with Crippen LogP contribution in [-0.4, -0.2) is 47.1 Å². The summed E-state index contributed by atoms with van der Waals surface area (Å²) in [5.74, 6) is -0.974. The van der Waals surface area contributed by atoms with E-state index in [1.807, 2.05) is 6.92 Å². The Morgan fingerprint density at radius 1 is 1.42 bits per heavy atom. The van der Waals surface area contributed by atoms with Crippen LogP contribution >= 0.6 is 0 Å². The standard InChI is InChI=1S/C12H17N3O4/c1-8-3-10(19-2)4-9(14-8)5-15(6-11(13)16)7-12(17)18/h3-4H,5-7H2,1-2H3,(H2,13,16)(H,17,18). The maximum atomic E-state index is 10.9. The molecule has 0 bridgehead atoms. The summed E-state index contributed by atoms with van der Waals surface area (Å²) < 4.78 is 5.11. The first-order chi connectivity index (χ1) is 8.90. The third-order valence-electron chi connectivity index (χ3n) is 2.34. The van der Waals surface area contributed by atoms with E-state index >= 15 is 0 Å². The van der Waals surface area contributed by atoms with Crippen LogP contribution in [0.3, 0.4) is 0 Å². The van der Waals surface area contributed by atoms with E-state index < -0.39 is 11.9 Å². The van der Waals surface area contributed by atoms with Crippen LogP contribution in [0.25, 0.3) is 0 Å². The van der Waals surface area contributed by atoms with E-state index in [9.17, 15) is 9.59 Å². The molecule has 1 heterocycles. The van der Waals surface area contributed by atoms with Gasteiger partial charge in [0.25, 0.3) is 0 Å². The third-order valence-corrected chi connectivity index (χ3v) is 2.34. The van der Waals surface area contributed by atoms with Gasteiger partial charge in [0.15, 0.2) is 0 Å². The zero-order chi connectivity index (χ0) is 14.4. The number of nitrogens with zero attached hydrogens (tertiary/aromatic N) is 2. The number of nitrogens with two attached hydrogens (primary N) is 1. The number of rotatable bonds is 7. The molecule has 0 aliphatic rings. The first kappa shape index (κ1) is 14.9. The van der Waals surface area contributed by atoms with Gasteiger partial charge in [-0.15, -0.1) is 0 Å². The first-order valence-corrected chi connectivity index (χ1v) is 5.64. The van der Waals surface area contributed by atoms with Crippen LogP contribution in [0.2, 0.25) is 0 Å². The largest absolute Gasteiger partial charge is 0.497 e. The summed E-state index contributed by atoms with van der Waals surface area (Å²) in [5, 5.41) is 8.79. The number of carbonyl (C=O) groups is 2. The molecule has 7 nitrogen and oxygen atoms in total. The Hall–Kier alpha value is -2.15. The summed E-state index contributed by atoms with van der Waals surface area (Å²) in [4.78, 5) is 27.3. The summed E-state index contributed by atoms with van der Waals surface area (Å²) in [6.07, 6.45) is 0. The summed E-state index contributed by atoms with van der Waals surface area (Å²) in [5.41, 5.74) is 6.47. The van der Waals surface area contributed by atoms with Crippen molar-refractivity contribution in [3.05, 3.63) is 23.5 Å². The van der Waals surface area contributed by atoms with Crippen molar-refractivity contribution in [1.29, 1.82) is 0 Å². The fourth-order valence-corrected chi connectivity index (χ4v) is 1.71. The van der Waals surface area contributed by atoms with Crippen molar-refractivity contribution >= 4 is 11.9 Å². The number of aliphatic carboxylic acids is 1. The molecule has 1 aromatic rings. The van der Waals surface area contributed by atoms with Gasteiger partial charge in [-0.05, 0) is 6.92 Å². The lowest BCUT2D eigenvalue weighted by molar-refractivity contribution is -0.138. The summed E-state index contributed by atoms with van der Waals surface area (Å²) in [7, 11) is 1.54. The number of pyridine rings is 1. The highest BCUT2D eigenvalue weighted by Crippen LogP contribution is 2.14. The molecule has 0 aliphatic carbocycles. The zero-order valence-electron chi connectivity index (χ0n) is 10.9. The number of carboxylic acids is 1. The second-order valence-electron chi connectivity index (χ2n) is 4.14. The lowest BCUT2D eigenvalue weighted by Crippen LogP contribution is -2.37. The molecular formula is C12H17N3O4. The van der Waals surface area contributed by atoms with Crippen molar-refractivity contribution in [2.75, 3.05) is 20.2 Å². The second-order valence-corrected chi connectivity index (χ2v) is 4.14. The minimum atomic E-state index is -1.03. The Bertz CT molecular complexity index is 460. The van der Waals surface area contributed by atoms with Gasteiger partial charge in [0.2, 0.25) is 5.91 Å². The fraction of sp³-hybridized carbons (Fsp3) is 0.417. The number of hydrogen-bond acceptors (Lipinski definition) is 5. The van der Waals surface area contributed by atoms with Crippen molar-refractivity contribution in [2.45, 2.75) is 13.5 Å². The normalized spacial score (nSPS) is 10.5. The van der Waals surface area contributed by atoms with E-state index in [2.05, 4.69) is 4.98 Å². The molecule has 0 aromatic carbocycles. The van der Waals surface area contributed by atoms with E-state index in [-0.39, 0.29) is 19.6 Å². The van der Waals surface area contributed by atoms with Gasteiger partial charge < -0.3 is 15.6 Å². The number of methoxy groups -OCH3 is 1. The maximum absolute atomic E-state index is 10.9. The number of amides is 1. The molecule has 1 aromatic heterocycles. The Labute approximate surface area is 111 Å². The molecule has 1 amide bonds. The molecule has 0 atom stereocenters. The van der Waals surface area contributed by atoms with Gasteiger partial charge in [-0.1, -0.05) is 0 Å². The van der Waals surface area contributed by atoms with Crippen molar-refractivity contribution in [1.82, 2.24) is 9.88 Å². The quantitative estimate of drug-likeness (QED) is 0.707. The van der Waals surface area contributed by atoms with E-state index in [1.165, 1.54) is 12.0 Å². The first-order valence-electron chi connectivity index (χ1n) is 5.64. The molecule has 0 spiro atoms. The van der Waals surface area contributed by atoms with Gasteiger partial charge in [0, 0.05) is 24.4 Å². The van der Waals surface area contributed by atoms with E-state index in [1.54, 1.807) is 12.1 Å². The minimum Gasteiger partial charge on any atom is -0.497 e. The molecule has 0 unspecified atom stereocenters. The highest BCUT2D eigenvalue weighted by molar-refractivity contribution is 5.77. The van der Waals surface area contributed by atoms with E-state index in [0.29, 0.717) is 11.4 Å². The van der Waals surface area contributed by atoms with Gasteiger partial charge in [-0.25, -0.2) is 0 Å². The Morgan fingerprint density at radius 3 is 2.63 bits per heavy atom. The molecule has 3 N–H and O–H groups in total. The predicted octanol–water partition coefficient (Wildman–Crippen LogP) is -0.229. The lowest BCUT2D eigenvalue weighted by Gasteiger charge is -2.18. The Morgan fingerprint density at radius 2 is 2.11 bits per heavy atom. The maximum Gasteiger partial charge on any atom is 0.317 e. The van der Waals surface area contributed by atoms with E-state index in [4.69, 9.17) is 15.6 Å². The van der Waals surface area contributed by atoms with Crippen LogP contribution in [0.5, 0.6) is 5.75 Å². The van der Waals surface area contributed by atoms with Gasteiger partial charge in [-0.3, -0.25) is 19.5 Å². The van der Waals surface area contributed by atoms with Gasteiger partial charge in [0.1, 0.15) is 5.75 Å². The molecule has 1 rings (SSSR count). The van der Waals surface area contributed by atoms with Crippen LogP contribution in [-0.2, 0) is 16.1 Å². The van der Waals surface area contributed by atoms with Crippen molar-refractivity contribution in [3.8, 4) is 5.75 Å². The molecule has 7 heteroatoms. The average molecular weight is 267 g/mol. The van der Waals surface area contributed by atoms with Gasteiger partial charge in [-0.2, -0.15) is 0 Å². The molecule has 0 radical (unpaired) electrons. The third kappa shape index (κ3) is 5.35. The molecule has 19 heavy (non-hydrogen) atoms. The molecule has 0 fully saturated rings. The number of aryl methyl sites for hydroxylation is 1. The van der Waals surface area contributed by atoms with Crippen molar-refractivity contribution < 1.29 is 19.4 Å². The van der Waals surface area contributed by atoms with Crippen LogP contribution in [0.15, 0.2) is 12.1 Å². The number of carboxylic acid groups (broad SMARTS) is 1. The second kappa shape index (κ2) is 6.69. The summed E-state index contributed by atoms with van der Waals surface area (Å²) in [6, 6.07) is 3.46. The average Bonchev–Trinajstić information content (AvgIpc) is 2.26. The molecule has 0 saturated carbocycles. The number of hydrogen-bond donors (Lipinski definition) is 2. The highest BCUT2D eigenvalue weighted by atomic mass is 16.5. The number of aromatic nitrogens is 1. The van der Waals surface area contributed by atoms with Crippen molar-refractivity contribution in [2.24, 2.45) is 5.73 Å². The summed E-state index contributed by atoms with van der Waals surface area (Å²) in [6.45, 7) is 1.61.